The Morgan fingerprint density at radius 2 is 1.95 bits per heavy atom. The van der Waals surface area contributed by atoms with Gasteiger partial charge in [0.25, 0.3) is 11.7 Å². The molecule has 21 heavy (non-hydrogen) atoms. The normalized spacial score (nSPS) is 11.0. The van der Waals surface area contributed by atoms with Crippen LogP contribution in [0.5, 0.6) is 0 Å². The van der Waals surface area contributed by atoms with Gasteiger partial charge in [0.05, 0.1) is 5.69 Å². The SMILES string of the molecule is Cc1cc(C)n2nc(C(=O)Nc3nc(C)c(C)s3)nc2n1. The van der Waals surface area contributed by atoms with E-state index in [9.17, 15) is 4.79 Å². The largest absolute Gasteiger partial charge is 0.297 e. The molecule has 3 aromatic heterocycles. The van der Waals surface area contributed by atoms with Crippen molar-refractivity contribution in [1.29, 1.82) is 0 Å². The monoisotopic (exact) mass is 302 g/mol. The van der Waals surface area contributed by atoms with Crippen molar-refractivity contribution >= 4 is 28.2 Å². The Kier molecular flexibility index (Phi) is 3.17. The number of nitrogens with one attached hydrogen (secondary N) is 1. The Bertz CT molecular complexity index is 830. The zero-order valence-corrected chi connectivity index (χ0v) is 12.9. The van der Waals surface area contributed by atoms with E-state index in [0.717, 1.165) is 22.0 Å². The second-order valence-corrected chi connectivity index (χ2v) is 6.00. The van der Waals surface area contributed by atoms with Crippen molar-refractivity contribution in [1.82, 2.24) is 24.6 Å². The predicted molar refractivity (Wildman–Crippen MR) is 79.8 cm³/mol. The molecule has 3 aromatic rings. The molecule has 0 radical (unpaired) electrons. The summed E-state index contributed by atoms with van der Waals surface area (Å²) >= 11 is 1.43. The van der Waals surface area contributed by atoms with E-state index in [4.69, 9.17) is 0 Å². The van der Waals surface area contributed by atoms with Gasteiger partial charge in [0.2, 0.25) is 5.82 Å². The number of anilines is 1. The summed E-state index contributed by atoms with van der Waals surface area (Å²) in [5.41, 5.74) is 2.63. The first-order valence-corrected chi connectivity index (χ1v) is 7.22. The topological polar surface area (TPSA) is 85.1 Å². The molecule has 0 aliphatic rings. The maximum atomic E-state index is 12.2. The van der Waals surface area contributed by atoms with E-state index in [-0.39, 0.29) is 11.7 Å². The number of nitrogens with zero attached hydrogens (tertiary/aromatic N) is 5. The van der Waals surface area contributed by atoms with Gasteiger partial charge in [0.15, 0.2) is 5.13 Å². The smallest absolute Gasteiger partial charge is 0.295 e. The lowest BCUT2D eigenvalue weighted by atomic mass is 10.4. The van der Waals surface area contributed by atoms with Crippen molar-refractivity contribution in [3.63, 3.8) is 0 Å². The first-order chi connectivity index (χ1) is 9.94. The van der Waals surface area contributed by atoms with E-state index in [1.807, 2.05) is 33.8 Å². The molecule has 0 saturated carbocycles. The molecule has 0 aliphatic carbocycles. The van der Waals surface area contributed by atoms with Crippen LogP contribution in [0.2, 0.25) is 0 Å². The lowest BCUT2D eigenvalue weighted by Gasteiger charge is -1.97. The number of fused-ring (bicyclic) bond motifs is 1. The Balaban J connectivity index is 1.93. The first-order valence-electron chi connectivity index (χ1n) is 6.40. The summed E-state index contributed by atoms with van der Waals surface area (Å²) in [7, 11) is 0. The number of carbonyl (C=O) groups is 1. The van der Waals surface area contributed by atoms with Crippen molar-refractivity contribution in [3.8, 4) is 0 Å². The van der Waals surface area contributed by atoms with Crippen molar-refractivity contribution in [2.45, 2.75) is 27.7 Å². The molecule has 0 saturated heterocycles. The van der Waals surface area contributed by atoms with Gasteiger partial charge < -0.3 is 0 Å². The van der Waals surface area contributed by atoms with Gasteiger partial charge in [-0.2, -0.15) is 4.98 Å². The summed E-state index contributed by atoms with van der Waals surface area (Å²) in [6, 6.07) is 1.89. The zero-order valence-electron chi connectivity index (χ0n) is 12.1. The fourth-order valence-electron chi connectivity index (χ4n) is 1.94. The van der Waals surface area contributed by atoms with Crippen LogP contribution >= 0.6 is 11.3 Å². The number of hydrogen-bond donors (Lipinski definition) is 1. The Hall–Kier alpha value is -2.35. The summed E-state index contributed by atoms with van der Waals surface area (Å²) in [5.74, 6) is 0.122. The van der Waals surface area contributed by atoms with Crippen LogP contribution < -0.4 is 5.32 Å². The summed E-state index contributed by atoms with van der Waals surface area (Å²) in [6.45, 7) is 7.64. The molecule has 1 amide bonds. The first kappa shape index (κ1) is 13.6. The number of hydrogen-bond acceptors (Lipinski definition) is 6. The van der Waals surface area contributed by atoms with E-state index >= 15 is 0 Å². The van der Waals surface area contributed by atoms with Gasteiger partial charge in [-0.15, -0.1) is 16.4 Å². The van der Waals surface area contributed by atoms with Gasteiger partial charge in [0.1, 0.15) is 0 Å². The highest BCUT2D eigenvalue weighted by Crippen LogP contribution is 2.21. The second kappa shape index (κ2) is 4.88. The molecule has 0 fully saturated rings. The molecule has 3 rings (SSSR count). The molecule has 3 heterocycles. The third-order valence-electron chi connectivity index (χ3n) is 3.07. The molecule has 0 spiro atoms. The molecule has 108 valence electrons. The van der Waals surface area contributed by atoms with Crippen molar-refractivity contribution in [3.05, 3.63) is 33.8 Å². The zero-order chi connectivity index (χ0) is 15.1. The van der Waals surface area contributed by atoms with Crippen LogP contribution in [0, 0.1) is 27.7 Å². The summed E-state index contributed by atoms with van der Waals surface area (Å²) in [4.78, 5) is 26.0. The fraction of sp³-hybridized carbons (Fsp3) is 0.308. The lowest BCUT2D eigenvalue weighted by Crippen LogP contribution is -2.13. The molecule has 0 bridgehead atoms. The minimum atomic E-state index is -0.383. The van der Waals surface area contributed by atoms with Gasteiger partial charge in [-0.25, -0.2) is 14.5 Å². The van der Waals surface area contributed by atoms with Crippen molar-refractivity contribution < 1.29 is 4.79 Å². The van der Waals surface area contributed by atoms with E-state index < -0.39 is 0 Å². The van der Waals surface area contributed by atoms with Crippen molar-refractivity contribution in [2.24, 2.45) is 0 Å². The average Bonchev–Trinajstić information content (AvgIpc) is 2.94. The van der Waals surface area contributed by atoms with Crippen molar-refractivity contribution in [2.75, 3.05) is 5.32 Å². The van der Waals surface area contributed by atoms with Crippen LogP contribution in [-0.2, 0) is 0 Å². The Labute approximate surface area is 125 Å². The number of thiazole rings is 1. The van der Waals surface area contributed by atoms with E-state index in [1.54, 1.807) is 4.52 Å². The minimum Gasteiger partial charge on any atom is -0.295 e. The molecular formula is C13H14N6OS. The number of amides is 1. The Morgan fingerprint density at radius 3 is 2.62 bits per heavy atom. The summed E-state index contributed by atoms with van der Waals surface area (Å²) in [5, 5.41) is 7.45. The minimum absolute atomic E-state index is 0.0849. The van der Waals surface area contributed by atoms with Crippen LogP contribution in [0.1, 0.15) is 32.6 Å². The summed E-state index contributed by atoms with van der Waals surface area (Å²) < 4.78 is 1.56. The quantitative estimate of drug-likeness (QED) is 0.783. The highest BCUT2D eigenvalue weighted by molar-refractivity contribution is 7.15. The molecule has 7 nitrogen and oxygen atoms in total. The molecule has 0 aromatic carbocycles. The van der Waals surface area contributed by atoms with E-state index in [1.165, 1.54) is 11.3 Å². The van der Waals surface area contributed by atoms with Crippen LogP contribution in [0.15, 0.2) is 6.07 Å². The van der Waals surface area contributed by atoms with Gasteiger partial charge in [-0.05, 0) is 33.8 Å². The average molecular weight is 302 g/mol. The maximum absolute atomic E-state index is 12.2. The third kappa shape index (κ3) is 2.49. The number of rotatable bonds is 2. The summed E-state index contributed by atoms with van der Waals surface area (Å²) in [6.07, 6.45) is 0. The van der Waals surface area contributed by atoms with Crippen LogP contribution in [0.3, 0.4) is 0 Å². The lowest BCUT2D eigenvalue weighted by molar-refractivity contribution is 0.101. The van der Waals surface area contributed by atoms with Gasteiger partial charge >= 0.3 is 0 Å². The molecule has 0 aliphatic heterocycles. The Morgan fingerprint density at radius 1 is 1.19 bits per heavy atom. The van der Waals surface area contributed by atoms with E-state index in [2.05, 4.69) is 25.4 Å². The predicted octanol–water partition coefficient (Wildman–Crippen LogP) is 2.07. The van der Waals surface area contributed by atoms with Crippen LogP contribution in [0.25, 0.3) is 5.78 Å². The third-order valence-corrected chi connectivity index (χ3v) is 4.06. The number of aromatic nitrogens is 5. The molecular weight excluding hydrogens is 288 g/mol. The van der Waals surface area contributed by atoms with Gasteiger partial charge in [-0.1, -0.05) is 0 Å². The van der Waals surface area contributed by atoms with Gasteiger partial charge in [0, 0.05) is 16.3 Å². The number of aryl methyl sites for hydroxylation is 4. The molecule has 0 unspecified atom stereocenters. The highest BCUT2D eigenvalue weighted by atomic mass is 32.1. The molecule has 1 N–H and O–H groups in total. The number of carbonyl (C=O) groups excluding carboxylic acids is 1. The van der Waals surface area contributed by atoms with E-state index in [0.29, 0.717) is 10.9 Å². The second-order valence-electron chi connectivity index (χ2n) is 4.80. The fourth-order valence-corrected chi connectivity index (χ4v) is 2.75. The molecule has 8 heteroatoms. The standard InChI is InChI=1S/C13H14N6OS/c1-6-5-7(2)19-12(14-6)16-10(18-19)11(20)17-13-15-8(3)9(4)21-13/h5H,1-4H3,(H,15,17,20). The van der Waals surface area contributed by atoms with Gasteiger partial charge in [-0.3, -0.25) is 10.1 Å². The van der Waals surface area contributed by atoms with Crippen LogP contribution in [-0.4, -0.2) is 30.5 Å². The van der Waals surface area contributed by atoms with Crippen LogP contribution in [0.4, 0.5) is 5.13 Å². The maximum Gasteiger partial charge on any atom is 0.297 e. The highest BCUT2D eigenvalue weighted by Gasteiger charge is 2.16. The molecule has 0 atom stereocenters.